The van der Waals surface area contributed by atoms with Gasteiger partial charge in [-0.2, -0.15) is 0 Å². The number of nitrogens with two attached hydrogens (primary N) is 1. The fourth-order valence-electron chi connectivity index (χ4n) is 2.05. The van der Waals surface area contributed by atoms with Crippen LogP contribution < -0.4 is 10.6 Å². The lowest BCUT2D eigenvalue weighted by Crippen LogP contribution is -2.27. The van der Waals surface area contributed by atoms with Crippen molar-refractivity contribution < 1.29 is 0 Å². The number of rotatable bonds is 8. The molecule has 1 aromatic heterocycles. The van der Waals surface area contributed by atoms with Crippen molar-refractivity contribution in [3.05, 3.63) is 24.0 Å². The molecule has 0 aliphatic rings. The fourth-order valence-corrected chi connectivity index (χ4v) is 2.05. The molecule has 0 saturated carbocycles. The average molecular weight is 277 g/mol. The van der Waals surface area contributed by atoms with Gasteiger partial charge in [0, 0.05) is 19.1 Å². The molecule has 0 fully saturated rings. The smallest absolute Gasteiger partial charge is 0.0569 e. The molecule has 0 aromatic carbocycles. The predicted molar refractivity (Wildman–Crippen MR) is 88.0 cm³/mol. The molecule has 0 bridgehead atoms. The van der Waals surface area contributed by atoms with Gasteiger partial charge in [0.15, 0.2) is 0 Å². The Balaban J connectivity index is 2.74. The fraction of sp³-hybridized carbons (Fsp3) is 0.706. The lowest BCUT2D eigenvalue weighted by molar-refractivity contribution is 0.535. The SMILES string of the molecule is CC(C)CCN(CCC(C)C)c1ccc(C(C)N)nc1. The van der Waals surface area contributed by atoms with E-state index in [4.69, 9.17) is 5.73 Å². The van der Waals surface area contributed by atoms with Gasteiger partial charge in [-0.25, -0.2) is 0 Å². The molecular formula is C17H31N3. The van der Waals surface area contributed by atoms with Gasteiger partial charge in [0.05, 0.1) is 17.6 Å². The molecule has 1 atom stereocenters. The highest BCUT2D eigenvalue weighted by atomic mass is 15.1. The highest BCUT2D eigenvalue weighted by Crippen LogP contribution is 2.18. The van der Waals surface area contributed by atoms with Gasteiger partial charge in [-0.1, -0.05) is 27.7 Å². The first-order valence-corrected chi connectivity index (χ1v) is 7.86. The molecule has 0 spiro atoms. The molecule has 0 aliphatic heterocycles. The van der Waals surface area contributed by atoms with Gasteiger partial charge in [-0.15, -0.1) is 0 Å². The van der Waals surface area contributed by atoms with E-state index in [1.165, 1.54) is 18.5 Å². The van der Waals surface area contributed by atoms with E-state index in [0.29, 0.717) is 0 Å². The number of anilines is 1. The molecule has 20 heavy (non-hydrogen) atoms. The van der Waals surface area contributed by atoms with Crippen LogP contribution >= 0.6 is 0 Å². The second kappa shape index (κ2) is 8.25. The van der Waals surface area contributed by atoms with E-state index < -0.39 is 0 Å². The predicted octanol–water partition coefficient (Wildman–Crippen LogP) is 4.00. The van der Waals surface area contributed by atoms with Crippen LogP contribution in [-0.4, -0.2) is 18.1 Å². The van der Waals surface area contributed by atoms with Crippen LogP contribution in [0.3, 0.4) is 0 Å². The minimum absolute atomic E-state index is 0.00354. The van der Waals surface area contributed by atoms with Gasteiger partial charge in [-0.05, 0) is 43.7 Å². The van der Waals surface area contributed by atoms with E-state index >= 15 is 0 Å². The van der Waals surface area contributed by atoms with Crippen LogP contribution in [0.4, 0.5) is 5.69 Å². The van der Waals surface area contributed by atoms with Gasteiger partial charge < -0.3 is 10.6 Å². The van der Waals surface area contributed by atoms with Crippen LogP contribution in [-0.2, 0) is 0 Å². The van der Waals surface area contributed by atoms with Crippen molar-refractivity contribution in [3.8, 4) is 0 Å². The third kappa shape index (κ3) is 5.91. The average Bonchev–Trinajstić information content (AvgIpc) is 2.38. The molecule has 0 amide bonds. The Hall–Kier alpha value is -1.09. The monoisotopic (exact) mass is 277 g/mol. The summed E-state index contributed by atoms with van der Waals surface area (Å²) in [6.45, 7) is 13.3. The lowest BCUT2D eigenvalue weighted by atomic mass is 10.1. The Labute approximate surface area is 124 Å². The maximum absolute atomic E-state index is 5.86. The van der Waals surface area contributed by atoms with Gasteiger partial charge in [0.25, 0.3) is 0 Å². The molecule has 1 heterocycles. The largest absolute Gasteiger partial charge is 0.370 e. The molecular weight excluding hydrogens is 246 g/mol. The normalized spacial score (nSPS) is 13.0. The van der Waals surface area contributed by atoms with Crippen LogP contribution in [0.15, 0.2) is 18.3 Å². The molecule has 1 aromatic rings. The highest BCUT2D eigenvalue weighted by molar-refractivity contribution is 5.44. The molecule has 3 nitrogen and oxygen atoms in total. The van der Waals surface area contributed by atoms with Crippen LogP contribution in [0.2, 0.25) is 0 Å². The van der Waals surface area contributed by atoms with Gasteiger partial charge >= 0.3 is 0 Å². The van der Waals surface area contributed by atoms with Crippen molar-refractivity contribution in [1.29, 1.82) is 0 Å². The van der Waals surface area contributed by atoms with E-state index in [2.05, 4.69) is 49.7 Å². The maximum Gasteiger partial charge on any atom is 0.0569 e. The minimum Gasteiger partial charge on any atom is -0.370 e. The summed E-state index contributed by atoms with van der Waals surface area (Å²) in [6.07, 6.45) is 4.40. The first-order valence-electron chi connectivity index (χ1n) is 7.86. The van der Waals surface area contributed by atoms with Crippen LogP contribution in [0, 0.1) is 11.8 Å². The van der Waals surface area contributed by atoms with E-state index in [1.807, 2.05) is 13.1 Å². The van der Waals surface area contributed by atoms with Crippen molar-refractivity contribution >= 4 is 5.69 Å². The zero-order valence-electron chi connectivity index (χ0n) is 13.8. The maximum atomic E-state index is 5.86. The molecule has 0 saturated heterocycles. The number of aromatic nitrogens is 1. The summed E-state index contributed by atoms with van der Waals surface area (Å²) in [7, 11) is 0. The Kier molecular flexibility index (Phi) is 7.00. The molecule has 1 rings (SSSR count). The molecule has 1 unspecified atom stereocenters. The van der Waals surface area contributed by atoms with E-state index in [-0.39, 0.29) is 6.04 Å². The Morgan fingerprint density at radius 2 is 1.55 bits per heavy atom. The zero-order valence-corrected chi connectivity index (χ0v) is 13.8. The minimum atomic E-state index is 0.00354. The third-order valence-corrected chi connectivity index (χ3v) is 3.56. The Morgan fingerprint density at radius 1 is 1.00 bits per heavy atom. The summed E-state index contributed by atoms with van der Waals surface area (Å²) in [6, 6.07) is 4.22. The summed E-state index contributed by atoms with van der Waals surface area (Å²) in [4.78, 5) is 6.94. The molecule has 2 N–H and O–H groups in total. The highest BCUT2D eigenvalue weighted by Gasteiger charge is 2.10. The van der Waals surface area contributed by atoms with E-state index in [1.54, 1.807) is 0 Å². The van der Waals surface area contributed by atoms with E-state index in [0.717, 1.165) is 30.6 Å². The first kappa shape index (κ1) is 17.0. The van der Waals surface area contributed by atoms with Crippen LogP contribution in [0.1, 0.15) is 59.2 Å². The Morgan fingerprint density at radius 3 is 1.90 bits per heavy atom. The molecule has 114 valence electrons. The lowest BCUT2D eigenvalue weighted by Gasteiger charge is -2.26. The van der Waals surface area contributed by atoms with Crippen molar-refractivity contribution in [1.82, 2.24) is 4.98 Å². The molecule has 0 aliphatic carbocycles. The second-order valence-electron chi connectivity index (χ2n) is 6.58. The van der Waals surface area contributed by atoms with Gasteiger partial charge in [-0.3, -0.25) is 4.98 Å². The first-order chi connectivity index (χ1) is 9.40. The molecule has 0 radical (unpaired) electrons. The number of nitrogens with zero attached hydrogens (tertiary/aromatic N) is 2. The van der Waals surface area contributed by atoms with Crippen LogP contribution in [0.25, 0.3) is 0 Å². The quantitative estimate of drug-likeness (QED) is 0.781. The van der Waals surface area contributed by atoms with E-state index in [9.17, 15) is 0 Å². The van der Waals surface area contributed by atoms with Crippen molar-refractivity contribution in [2.45, 2.75) is 53.5 Å². The van der Waals surface area contributed by atoms with Crippen molar-refractivity contribution in [2.75, 3.05) is 18.0 Å². The summed E-state index contributed by atoms with van der Waals surface area (Å²) >= 11 is 0. The summed E-state index contributed by atoms with van der Waals surface area (Å²) in [5, 5.41) is 0. The van der Waals surface area contributed by atoms with Crippen molar-refractivity contribution in [2.24, 2.45) is 17.6 Å². The number of pyridine rings is 1. The van der Waals surface area contributed by atoms with Gasteiger partial charge in [0.2, 0.25) is 0 Å². The second-order valence-corrected chi connectivity index (χ2v) is 6.58. The van der Waals surface area contributed by atoms with Gasteiger partial charge in [0.1, 0.15) is 0 Å². The standard InChI is InChI=1S/C17H31N3/c1-13(2)8-10-20(11-9-14(3)4)16-6-7-17(15(5)18)19-12-16/h6-7,12-15H,8-11,18H2,1-5H3. The molecule has 3 heteroatoms. The zero-order chi connectivity index (χ0) is 15.1. The van der Waals surface area contributed by atoms with Crippen molar-refractivity contribution in [3.63, 3.8) is 0 Å². The summed E-state index contributed by atoms with van der Waals surface area (Å²) in [5.41, 5.74) is 8.04. The Bertz CT molecular complexity index is 356. The number of hydrogen-bond acceptors (Lipinski definition) is 3. The van der Waals surface area contributed by atoms with Crippen LogP contribution in [0.5, 0.6) is 0 Å². The topological polar surface area (TPSA) is 42.1 Å². The summed E-state index contributed by atoms with van der Waals surface area (Å²) in [5.74, 6) is 1.46. The third-order valence-electron chi connectivity index (χ3n) is 3.56. The summed E-state index contributed by atoms with van der Waals surface area (Å²) < 4.78 is 0. The number of hydrogen-bond donors (Lipinski definition) is 1.